The maximum Gasteiger partial charge on any atom is 0.190 e. The van der Waals surface area contributed by atoms with E-state index in [0.29, 0.717) is 6.04 Å². The number of hydrogen-bond acceptors (Lipinski definition) is 4. The molecule has 1 aromatic carbocycles. The zero-order valence-electron chi connectivity index (χ0n) is 17.0. The molecule has 7 heteroatoms. The molecule has 6 nitrogen and oxygen atoms in total. The second-order valence-electron chi connectivity index (χ2n) is 6.85. The van der Waals surface area contributed by atoms with Crippen molar-refractivity contribution < 1.29 is 4.74 Å². The van der Waals surface area contributed by atoms with Crippen LogP contribution in [0.2, 0.25) is 0 Å². The number of nitrogens with one attached hydrogen (secondary N) is 2. The molecule has 27 heavy (non-hydrogen) atoms. The lowest BCUT2D eigenvalue weighted by molar-refractivity contribution is 0.0891. The molecule has 1 aliphatic heterocycles. The van der Waals surface area contributed by atoms with Crippen molar-refractivity contribution in [2.75, 3.05) is 67.1 Å². The second-order valence-corrected chi connectivity index (χ2v) is 6.85. The Bertz CT molecular complexity index is 528. The highest BCUT2D eigenvalue weighted by Crippen LogP contribution is 2.24. The van der Waals surface area contributed by atoms with Crippen LogP contribution in [0, 0.1) is 0 Å². The molecule has 1 atom stereocenters. The Morgan fingerprint density at radius 1 is 1.15 bits per heavy atom. The smallest absolute Gasteiger partial charge is 0.190 e. The highest BCUT2D eigenvalue weighted by atomic mass is 127. The van der Waals surface area contributed by atoms with E-state index in [2.05, 4.69) is 62.8 Å². The number of piperazine rings is 1. The molecule has 0 aliphatic carbocycles. The third-order valence-electron chi connectivity index (χ3n) is 4.83. The molecule has 0 radical (unpaired) electrons. The van der Waals surface area contributed by atoms with Crippen LogP contribution in [-0.4, -0.2) is 82.8 Å². The Kier molecular flexibility index (Phi) is 12.6. The first-order valence-electron chi connectivity index (χ1n) is 9.65. The molecule has 1 aromatic rings. The lowest BCUT2D eigenvalue weighted by Crippen LogP contribution is -2.47. The van der Waals surface area contributed by atoms with Crippen LogP contribution < -0.4 is 10.6 Å². The summed E-state index contributed by atoms with van der Waals surface area (Å²) in [5.74, 6) is 0.874. The van der Waals surface area contributed by atoms with Crippen LogP contribution in [0.1, 0.15) is 24.4 Å². The molecular formula is C20H36IN5O. The van der Waals surface area contributed by atoms with Gasteiger partial charge in [0.1, 0.15) is 0 Å². The largest absolute Gasteiger partial charge is 0.385 e. The number of likely N-dealkylation sites (N-methyl/N-ethyl adjacent to an activating group) is 1. The van der Waals surface area contributed by atoms with Crippen LogP contribution in [0.4, 0.5) is 0 Å². The summed E-state index contributed by atoms with van der Waals surface area (Å²) in [5.41, 5.74) is 1.42. The molecule has 2 rings (SSSR count). The van der Waals surface area contributed by atoms with E-state index >= 15 is 0 Å². The van der Waals surface area contributed by atoms with Crippen molar-refractivity contribution >= 4 is 29.9 Å². The van der Waals surface area contributed by atoms with E-state index in [1.807, 2.05) is 7.05 Å². The summed E-state index contributed by atoms with van der Waals surface area (Å²) in [5, 5.41) is 6.73. The van der Waals surface area contributed by atoms with Gasteiger partial charge in [-0.15, -0.1) is 24.0 Å². The Balaban J connectivity index is 0.00000364. The summed E-state index contributed by atoms with van der Waals surface area (Å²) in [7, 11) is 5.76. The molecular weight excluding hydrogens is 453 g/mol. The number of nitrogens with zero attached hydrogens (tertiary/aromatic N) is 3. The van der Waals surface area contributed by atoms with Crippen LogP contribution in [-0.2, 0) is 4.74 Å². The van der Waals surface area contributed by atoms with Crippen molar-refractivity contribution in [1.82, 2.24) is 20.4 Å². The minimum Gasteiger partial charge on any atom is -0.385 e. The van der Waals surface area contributed by atoms with Gasteiger partial charge in [0.25, 0.3) is 0 Å². The number of guanidine groups is 1. The van der Waals surface area contributed by atoms with Crippen molar-refractivity contribution in [3.63, 3.8) is 0 Å². The van der Waals surface area contributed by atoms with Gasteiger partial charge >= 0.3 is 0 Å². The zero-order chi connectivity index (χ0) is 18.6. The fourth-order valence-corrected chi connectivity index (χ4v) is 3.35. The minimum atomic E-state index is 0. The average Bonchev–Trinajstić information content (AvgIpc) is 2.68. The normalized spacial score (nSPS) is 18.8. The molecule has 1 unspecified atom stereocenters. The molecule has 1 heterocycles. The molecule has 1 saturated heterocycles. The Morgan fingerprint density at radius 2 is 1.85 bits per heavy atom. The highest BCUT2D eigenvalue weighted by Gasteiger charge is 2.25. The summed E-state index contributed by atoms with van der Waals surface area (Å²) in [6.45, 7) is 7.04. The monoisotopic (exact) mass is 489 g/mol. The summed E-state index contributed by atoms with van der Waals surface area (Å²) < 4.78 is 5.07. The first-order chi connectivity index (χ1) is 12.7. The van der Waals surface area contributed by atoms with Crippen molar-refractivity contribution in [3.05, 3.63) is 35.9 Å². The molecule has 0 aromatic heterocycles. The van der Waals surface area contributed by atoms with Gasteiger partial charge < -0.3 is 20.3 Å². The Morgan fingerprint density at radius 3 is 2.52 bits per heavy atom. The lowest BCUT2D eigenvalue weighted by atomic mass is 10.0. The van der Waals surface area contributed by atoms with Crippen LogP contribution in [0.3, 0.4) is 0 Å². The predicted octanol–water partition coefficient (Wildman–Crippen LogP) is 2.18. The topological polar surface area (TPSA) is 52.1 Å². The highest BCUT2D eigenvalue weighted by molar-refractivity contribution is 14.0. The number of ether oxygens (including phenoxy) is 1. The number of aliphatic imine (C=N–C) groups is 1. The Labute approximate surface area is 181 Å². The van der Waals surface area contributed by atoms with E-state index in [1.165, 1.54) is 5.56 Å². The van der Waals surface area contributed by atoms with Gasteiger partial charge in [-0.1, -0.05) is 30.3 Å². The van der Waals surface area contributed by atoms with Gasteiger partial charge in [-0.25, -0.2) is 0 Å². The Hall–Kier alpha value is -0.900. The average molecular weight is 489 g/mol. The predicted molar refractivity (Wildman–Crippen MR) is 124 cm³/mol. The van der Waals surface area contributed by atoms with E-state index < -0.39 is 0 Å². The number of halogens is 1. The van der Waals surface area contributed by atoms with Gasteiger partial charge in [0, 0.05) is 66.1 Å². The van der Waals surface area contributed by atoms with E-state index in [1.54, 1.807) is 7.11 Å². The van der Waals surface area contributed by atoms with E-state index in [9.17, 15) is 0 Å². The van der Waals surface area contributed by atoms with E-state index in [-0.39, 0.29) is 24.0 Å². The third-order valence-corrected chi connectivity index (χ3v) is 4.83. The van der Waals surface area contributed by atoms with Crippen LogP contribution in [0.5, 0.6) is 0 Å². The lowest BCUT2D eigenvalue weighted by Gasteiger charge is -2.40. The second kappa shape index (κ2) is 14.1. The van der Waals surface area contributed by atoms with Crippen molar-refractivity contribution in [2.24, 2.45) is 4.99 Å². The minimum absolute atomic E-state index is 0. The summed E-state index contributed by atoms with van der Waals surface area (Å²) in [4.78, 5) is 9.32. The van der Waals surface area contributed by atoms with Crippen LogP contribution in [0.25, 0.3) is 0 Å². The van der Waals surface area contributed by atoms with Gasteiger partial charge in [0.05, 0.1) is 0 Å². The van der Waals surface area contributed by atoms with E-state index in [4.69, 9.17) is 4.74 Å². The maximum atomic E-state index is 5.07. The van der Waals surface area contributed by atoms with Crippen LogP contribution in [0.15, 0.2) is 35.3 Å². The quantitative estimate of drug-likeness (QED) is 0.241. The standard InChI is InChI=1S/C20H35N5O.HI/c1-21-20(23-12-8-16-26-3)22-11-7-13-25-15-14-24(2)17-19(25)18-9-5-4-6-10-18;/h4-6,9-10,19H,7-8,11-17H2,1-3H3,(H2,21,22,23);1H. The van der Waals surface area contributed by atoms with Crippen molar-refractivity contribution in [1.29, 1.82) is 0 Å². The number of benzene rings is 1. The van der Waals surface area contributed by atoms with E-state index in [0.717, 1.165) is 64.7 Å². The third kappa shape index (κ3) is 8.76. The SMILES string of the molecule is CN=C(NCCCOC)NCCCN1CCN(C)CC1c1ccccc1.I. The number of methoxy groups -OCH3 is 1. The maximum absolute atomic E-state index is 5.07. The molecule has 0 spiro atoms. The van der Waals surface area contributed by atoms with Gasteiger partial charge in [-0.2, -0.15) is 0 Å². The van der Waals surface area contributed by atoms with Gasteiger partial charge in [0.2, 0.25) is 0 Å². The number of rotatable bonds is 9. The van der Waals surface area contributed by atoms with Gasteiger partial charge in [-0.3, -0.25) is 9.89 Å². The molecule has 1 aliphatic rings. The first-order valence-corrected chi connectivity index (χ1v) is 9.65. The summed E-state index contributed by atoms with van der Waals surface area (Å²) >= 11 is 0. The fraction of sp³-hybridized carbons (Fsp3) is 0.650. The molecule has 0 amide bonds. The van der Waals surface area contributed by atoms with Gasteiger partial charge in [-0.05, 0) is 25.5 Å². The summed E-state index contributed by atoms with van der Waals surface area (Å²) in [6.07, 6.45) is 2.09. The molecule has 154 valence electrons. The fourth-order valence-electron chi connectivity index (χ4n) is 3.35. The first kappa shape index (κ1) is 24.1. The molecule has 1 fully saturated rings. The van der Waals surface area contributed by atoms with Crippen molar-refractivity contribution in [2.45, 2.75) is 18.9 Å². The summed E-state index contributed by atoms with van der Waals surface area (Å²) in [6, 6.07) is 11.4. The van der Waals surface area contributed by atoms with Crippen molar-refractivity contribution in [3.8, 4) is 0 Å². The molecule has 0 saturated carbocycles. The zero-order valence-corrected chi connectivity index (χ0v) is 19.3. The molecule has 2 N–H and O–H groups in total. The van der Waals surface area contributed by atoms with Gasteiger partial charge in [0.15, 0.2) is 5.96 Å². The van der Waals surface area contributed by atoms with Crippen LogP contribution >= 0.6 is 24.0 Å². The molecule has 0 bridgehead atoms. The number of hydrogen-bond donors (Lipinski definition) is 2.